The van der Waals surface area contributed by atoms with E-state index in [1.807, 2.05) is 0 Å². The molecule has 0 radical (unpaired) electrons. The summed E-state index contributed by atoms with van der Waals surface area (Å²) >= 11 is 0. The molecule has 0 spiro atoms. The van der Waals surface area contributed by atoms with E-state index in [1.54, 1.807) is 0 Å². The molecule has 0 saturated carbocycles. The number of nitrogens with one attached hydrogen (secondary N) is 1. The van der Waals surface area contributed by atoms with Crippen molar-refractivity contribution in [2.24, 2.45) is 5.73 Å². The van der Waals surface area contributed by atoms with E-state index in [0.717, 1.165) is 25.0 Å². The van der Waals surface area contributed by atoms with Crippen LogP contribution in [0.4, 0.5) is 0 Å². The molecule has 23 heavy (non-hydrogen) atoms. The van der Waals surface area contributed by atoms with E-state index in [-0.39, 0.29) is 18.3 Å². The standard InChI is InChI=1S/C18H27BN2O2/c1-17(2)18(3,4)23-19(22-17)15(11-20)10-13-6-5-7-14-12-21-9-8-16(13)14/h5-7,10,21H,8-9,11-12,20H2,1-4H3. The van der Waals surface area contributed by atoms with Crippen molar-refractivity contribution < 1.29 is 9.31 Å². The number of hydrogen-bond donors (Lipinski definition) is 2. The largest absolute Gasteiger partial charge is 0.491 e. The first-order valence-electron chi connectivity index (χ1n) is 8.42. The lowest BCUT2D eigenvalue weighted by Crippen LogP contribution is -2.41. The van der Waals surface area contributed by atoms with E-state index in [4.69, 9.17) is 15.0 Å². The van der Waals surface area contributed by atoms with Crippen LogP contribution in [-0.4, -0.2) is 31.4 Å². The third kappa shape index (κ3) is 3.11. The fraction of sp³-hybridized carbons (Fsp3) is 0.556. The van der Waals surface area contributed by atoms with E-state index in [1.165, 1.54) is 16.7 Å². The Kier molecular flexibility index (Phi) is 4.40. The molecule has 4 nitrogen and oxygen atoms in total. The van der Waals surface area contributed by atoms with Crippen molar-refractivity contribution in [2.75, 3.05) is 13.1 Å². The molecule has 2 aliphatic heterocycles. The molecule has 0 aromatic heterocycles. The summed E-state index contributed by atoms with van der Waals surface area (Å²) in [5.74, 6) is 0. The highest BCUT2D eigenvalue weighted by Gasteiger charge is 2.52. The Morgan fingerprint density at radius 1 is 1.26 bits per heavy atom. The van der Waals surface area contributed by atoms with Gasteiger partial charge in [-0.25, -0.2) is 0 Å². The van der Waals surface area contributed by atoms with Gasteiger partial charge < -0.3 is 20.4 Å². The molecule has 5 heteroatoms. The monoisotopic (exact) mass is 314 g/mol. The molecule has 3 N–H and O–H groups in total. The zero-order valence-corrected chi connectivity index (χ0v) is 14.6. The van der Waals surface area contributed by atoms with Crippen molar-refractivity contribution in [2.45, 2.75) is 51.9 Å². The summed E-state index contributed by atoms with van der Waals surface area (Å²) in [7, 11) is -0.373. The van der Waals surface area contributed by atoms with Gasteiger partial charge in [-0.05, 0) is 62.8 Å². The maximum Gasteiger partial charge on any atom is 0.491 e. The summed E-state index contributed by atoms with van der Waals surface area (Å²) in [5, 5.41) is 3.42. The van der Waals surface area contributed by atoms with Gasteiger partial charge in [0.25, 0.3) is 0 Å². The second kappa shape index (κ2) is 6.06. The Hall–Kier alpha value is -1.14. The van der Waals surface area contributed by atoms with Crippen LogP contribution in [0.3, 0.4) is 0 Å². The second-order valence-electron chi connectivity index (χ2n) is 7.42. The molecule has 2 heterocycles. The van der Waals surface area contributed by atoms with E-state index in [2.05, 4.69) is 57.3 Å². The summed E-state index contributed by atoms with van der Waals surface area (Å²) < 4.78 is 12.3. The zero-order valence-electron chi connectivity index (χ0n) is 14.6. The lowest BCUT2D eigenvalue weighted by Gasteiger charge is -2.32. The molecule has 1 aromatic rings. The molecule has 0 amide bonds. The molecule has 0 aliphatic carbocycles. The molecule has 0 bridgehead atoms. The van der Waals surface area contributed by atoms with E-state index in [0.29, 0.717) is 6.54 Å². The summed E-state index contributed by atoms with van der Waals surface area (Å²) in [6, 6.07) is 6.46. The van der Waals surface area contributed by atoms with E-state index >= 15 is 0 Å². The molecular weight excluding hydrogens is 287 g/mol. The third-order valence-electron chi connectivity index (χ3n) is 5.31. The minimum absolute atomic E-state index is 0.341. The van der Waals surface area contributed by atoms with Gasteiger partial charge in [-0.2, -0.15) is 0 Å². The topological polar surface area (TPSA) is 56.5 Å². The molecule has 2 aliphatic rings. The highest BCUT2D eigenvalue weighted by Crippen LogP contribution is 2.38. The molecule has 3 rings (SSSR count). The van der Waals surface area contributed by atoms with Crippen LogP contribution in [0.25, 0.3) is 6.08 Å². The van der Waals surface area contributed by atoms with Crippen molar-refractivity contribution in [1.82, 2.24) is 5.32 Å². The van der Waals surface area contributed by atoms with Crippen molar-refractivity contribution in [1.29, 1.82) is 0 Å². The van der Waals surface area contributed by atoms with Gasteiger partial charge in [0, 0.05) is 13.1 Å². The maximum absolute atomic E-state index is 6.15. The van der Waals surface area contributed by atoms with E-state index in [9.17, 15) is 0 Å². The van der Waals surface area contributed by atoms with Crippen LogP contribution in [0.1, 0.15) is 44.4 Å². The summed E-state index contributed by atoms with van der Waals surface area (Å²) in [4.78, 5) is 0. The maximum atomic E-state index is 6.15. The van der Waals surface area contributed by atoms with Gasteiger partial charge in [0.1, 0.15) is 0 Å². The minimum atomic E-state index is -0.373. The van der Waals surface area contributed by atoms with Crippen LogP contribution in [0.5, 0.6) is 0 Å². The molecule has 124 valence electrons. The smallest absolute Gasteiger partial charge is 0.400 e. The summed E-state index contributed by atoms with van der Waals surface area (Å²) in [5.41, 5.74) is 10.3. The first-order chi connectivity index (χ1) is 10.8. The predicted molar refractivity (Wildman–Crippen MR) is 95.0 cm³/mol. The summed E-state index contributed by atoms with van der Waals surface area (Å²) in [6.07, 6.45) is 3.20. The number of hydrogen-bond acceptors (Lipinski definition) is 4. The van der Waals surface area contributed by atoms with Crippen LogP contribution in [0, 0.1) is 0 Å². The average Bonchev–Trinajstić information content (AvgIpc) is 2.73. The molecule has 1 aromatic carbocycles. The zero-order chi connectivity index (χ0) is 16.7. The van der Waals surface area contributed by atoms with Gasteiger partial charge in [0.05, 0.1) is 11.2 Å². The number of fused-ring (bicyclic) bond motifs is 1. The fourth-order valence-electron chi connectivity index (χ4n) is 3.11. The second-order valence-corrected chi connectivity index (χ2v) is 7.42. The van der Waals surface area contributed by atoms with Gasteiger partial charge in [0.2, 0.25) is 0 Å². The fourth-order valence-corrected chi connectivity index (χ4v) is 3.11. The van der Waals surface area contributed by atoms with Crippen molar-refractivity contribution in [3.8, 4) is 0 Å². The average molecular weight is 314 g/mol. The van der Waals surface area contributed by atoms with Crippen molar-refractivity contribution >= 4 is 13.2 Å². The lowest BCUT2D eigenvalue weighted by molar-refractivity contribution is 0.00578. The van der Waals surface area contributed by atoms with Gasteiger partial charge in [-0.15, -0.1) is 0 Å². The predicted octanol–water partition coefficient (Wildman–Crippen LogP) is 2.31. The minimum Gasteiger partial charge on any atom is -0.400 e. The highest BCUT2D eigenvalue weighted by molar-refractivity contribution is 6.55. The van der Waals surface area contributed by atoms with Gasteiger partial charge in [-0.1, -0.05) is 24.3 Å². The normalized spacial score (nSPS) is 23.0. The number of rotatable bonds is 3. The Morgan fingerprint density at radius 2 is 1.96 bits per heavy atom. The Morgan fingerprint density at radius 3 is 2.61 bits per heavy atom. The van der Waals surface area contributed by atoms with Crippen molar-refractivity contribution in [3.63, 3.8) is 0 Å². The molecule has 1 fully saturated rings. The highest BCUT2D eigenvalue weighted by atomic mass is 16.7. The summed E-state index contributed by atoms with van der Waals surface area (Å²) in [6.45, 7) is 10.7. The van der Waals surface area contributed by atoms with Gasteiger partial charge >= 0.3 is 7.12 Å². The molecule has 1 saturated heterocycles. The first-order valence-corrected chi connectivity index (χ1v) is 8.42. The Balaban J connectivity index is 1.92. The quantitative estimate of drug-likeness (QED) is 0.841. The SMILES string of the molecule is CC1(C)OB(C(=Cc2cccc3c2CCNC3)CN)OC1(C)C. The first kappa shape index (κ1) is 16.7. The van der Waals surface area contributed by atoms with E-state index < -0.39 is 0 Å². The lowest BCUT2D eigenvalue weighted by atomic mass is 9.76. The third-order valence-corrected chi connectivity index (χ3v) is 5.31. The van der Waals surface area contributed by atoms with Crippen LogP contribution in [-0.2, 0) is 22.3 Å². The number of benzene rings is 1. The molecule has 0 atom stereocenters. The Labute approximate surface area is 139 Å². The molecular formula is C18H27BN2O2. The van der Waals surface area contributed by atoms with Crippen LogP contribution in [0.2, 0.25) is 0 Å². The van der Waals surface area contributed by atoms with Crippen LogP contribution in [0.15, 0.2) is 23.7 Å². The van der Waals surface area contributed by atoms with Crippen LogP contribution < -0.4 is 11.1 Å². The van der Waals surface area contributed by atoms with Crippen molar-refractivity contribution in [3.05, 3.63) is 40.4 Å². The van der Waals surface area contributed by atoms with Gasteiger partial charge in [0.15, 0.2) is 0 Å². The Bertz CT molecular complexity index is 609. The van der Waals surface area contributed by atoms with Gasteiger partial charge in [-0.3, -0.25) is 0 Å². The number of nitrogens with two attached hydrogens (primary N) is 1. The van der Waals surface area contributed by atoms with Crippen LogP contribution >= 0.6 is 0 Å². The molecule has 0 unspecified atom stereocenters.